The van der Waals surface area contributed by atoms with Gasteiger partial charge in [0.1, 0.15) is 5.75 Å². The van der Waals surface area contributed by atoms with Gasteiger partial charge in [0.2, 0.25) is 6.10 Å². The van der Waals surface area contributed by atoms with Crippen LogP contribution in [0.1, 0.15) is 24.5 Å². The van der Waals surface area contributed by atoms with E-state index in [1.807, 2.05) is 42.3 Å². The number of carbonyl (C=O) groups excluding carboxylic acids is 1. The van der Waals surface area contributed by atoms with Gasteiger partial charge in [0.15, 0.2) is 0 Å². The minimum Gasteiger partial charge on any atom is -0.476 e. The summed E-state index contributed by atoms with van der Waals surface area (Å²) in [7, 11) is 1.96. The molecule has 0 spiro atoms. The van der Waals surface area contributed by atoms with E-state index < -0.39 is 6.10 Å². The Kier molecular flexibility index (Phi) is 8.24. The summed E-state index contributed by atoms with van der Waals surface area (Å²) in [6.45, 7) is 1.44. The van der Waals surface area contributed by atoms with Gasteiger partial charge < -0.3 is 15.0 Å². The van der Waals surface area contributed by atoms with Crippen LogP contribution >= 0.6 is 35.6 Å². The average Bonchev–Trinajstić information content (AvgIpc) is 2.69. The molecule has 146 valence electrons. The number of halogens is 3. The second-order valence-corrected chi connectivity index (χ2v) is 7.19. The van der Waals surface area contributed by atoms with Crippen molar-refractivity contribution in [3.05, 3.63) is 64.1 Å². The normalized spacial score (nSPS) is 15.7. The zero-order valence-corrected chi connectivity index (χ0v) is 17.4. The second kappa shape index (κ2) is 10.2. The molecular weight excluding hydrogens is 407 g/mol. The number of amides is 1. The Labute approximate surface area is 176 Å². The molecule has 2 aromatic carbocycles. The first-order valence-corrected chi connectivity index (χ1v) is 9.47. The molecule has 2 aromatic rings. The Morgan fingerprint density at radius 1 is 1.11 bits per heavy atom. The molecule has 0 bridgehead atoms. The van der Waals surface area contributed by atoms with Crippen LogP contribution in [0.4, 0.5) is 0 Å². The molecule has 1 fully saturated rings. The first kappa shape index (κ1) is 21.8. The van der Waals surface area contributed by atoms with Gasteiger partial charge in [-0.15, -0.1) is 12.4 Å². The lowest BCUT2D eigenvalue weighted by Crippen LogP contribution is -2.46. The van der Waals surface area contributed by atoms with E-state index in [9.17, 15) is 4.79 Å². The predicted octanol–water partition coefficient (Wildman–Crippen LogP) is 4.75. The molecule has 1 atom stereocenters. The summed E-state index contributed by atoms with van der Waals surface area (Å²) in [5, 5.41) is 4.13. The Hall–Kier alpha value is -1.46. The minimum absolute atomic E-state index is 0. The van der Waals surface area contributed by atoms with Gasteiger partial charge in [0.25, 0.3) is 5.91 Å². The number of carbonyl (C=O) groups is 1. The number of hydrogen-bond acceptors (Lipinski definition) is 3. The lowest BCUT2D eigenvalue weighted by Gasteiger charge is -2.34. The van der Waals surface area contributed by atoms with E-state index in [1.54, 1.807) is 18.2 Å². The molecule has 0 aromatic heterocycles. The van der Waals surface area contributed by atoms with Gasteiger partial charge in [0.05, 0.1) is 10.0 Å². The molecule has 0 saturated carbocycles. The average molecular weight is 430 g/mol. The molecule has 3 rings (SSSR count). The first-order valence-electron chi connectivity index (χ1n) is 8.71. The minimum atomic E-state index is -0.709. The van der Waals surface area contributed by atoms with Crippen molar-refractivity contribution in [2.75, 3.05) is 20.1 Å². The molecule has 1 amide bonds. The van der Waals surface area contributed by atoms with Gasteiger partial charge in [-0.2, -0.15) is 0 Å². The van der Waals surface area contributed by atoms with E-state index in [0.717, 1.165) is 31.5 Å². The van der Waals surface area contributed by atoms with E-state index in [2.05, 4.69) is 5.32 Å². The van der Waals surface area contributed by atoms with Crippen molar-refractivity contribution in [3.63, 3.8) is 0 Å². The number of benzene rings is 2. The van der Waals surface area contributed by atoms with E-state index in [0.29, 0.717) is 21.8 Å². The maximum atomic E-state index is 13.2. The molecule has 0 aliphatic carbocycles. The highest BCUT2D eigenvalue weighted by Gasteiger charge is 2.30. The van der Waals surface area contributed by atoms with Crippen LogP contribution in [0.25, 0.3) is 0 Å². The summed E-state index contributed by atoms with van der Waals surface area (Å²) < 4.78 is 6.05. The van der Waals surface area contributed by atoms with Gasteiger partial charge in [-0.3, -0.25) is 4.79 Å². The number of nitrogens with one attached hydrogen (secondary N) is 1. The molecule has 1 heterocycles. The molecule has 1 unspecified atom stereocenters. The Morgan fingerprint density at radius 2 is 1.78 bits per heavy atom. The van der Waals surface area contributed by atoms with Crippen molar-refractivity contribution in [3.8, 4) is 5.75 Å². The molecule has 1 aliphatic heterocycles. The predicted molar refractivity (Wildman–Crippen MR) is 112 cm³/mol. The van der Waals surface area contributed by atoms with Crippen molar-refractivity contribution < 1.29 is 9.53 Å². The van der Waals surface area contributed by atoms with Gasteiger partial charge in [0, 0.05) is 30.8 Å². The lowest BCUT2D eigenvalue weighted by molar-refractivity contribution is -0.140. The summed E-state index contributed by atoms with van der Waals surface area (Å²) in [5.74, 6) is 0.489. The summed E-state index contributed by atoms with van der Waals surface area (Å²) in [5.41, 5.74) is 0.819. The zero-order chi connectivity index (χ0) is 18.5. The van der Waals surface area contributed by atoms with Crippen LogP contribution in [0.3, 0.4) is 0 Å². The first-order chi connectivity index (χ1) is 12.6. The molecular formula is C20H23Cl3N2O2. The fourth-order valence-electron chi connectivity index (χ4n) is 3.13. The van der Waals surface area contributed by atoms with Crippen molar-refractivity contribution in [1.29, 1.82) is 0 Å². The second-order valence-electron chi connectivity index (χ2n) is 6.37. The highest BCUT2D eigenvalue weighted by molar-refractivity contribution is 6.42. The summed E-state index contributed by atoms with van der Waals surface area (Å²) in [4.78, 5) is 15.0. The number of hydrogen-bond donors (Lipinski definition) is 1. The van der Waals surface area contributed by atoms with Crippen LogP contribution in [-0.2, 0) is 4.79 Å². The largest absolute Gasteiger partial charge is 0.476 e. The third-order valence-electron chi connectivity index (χ3n) is 4.69. The van der Waals surface area contributed by atoms with Gasteiger partial charge >= 0.3 is 0 Å². The van der Waals surface area contributed by atoms with Crippen molar-refractivity contribution in [2.45, 2.75) is 25.0 Å². The summed E-state index contributed by atoms with van der Waals surface area (Å²) in [6, 6.07) is 15.0. The number of nitrogens with zero attached hydrogens (tertiary/aromatic N) is 1. The number of piperidine rings is 1. The van der Waals surface area contributed by atoms with Crippen LogP contribution < -0.4 is 10.1 Å². The van der Waals surface area contributed by atoms with Crippen molar-refractivity contribution in [2.24, 2.45) is 0 Å². The van der Waals surface area contributed by atoms with Crippen LogP contribution in [0, 0.1) is 0 Å². The molecule has 27 heavy (non-hydrogen) atoms. The van der Waals surface area contributed by atoms with Crippen molar-refractivity contribution >= 4 is 41.5 Å². The van der Waals surface area contributed by atoms with Crippen LogP contribution in [0.2, 0.25) is 10.0 Å². The number of likely N-dealkylation sites (tertiary alicyclic amines) is 1. The highest BCUT2D eigenvalue weighted by atomic mass is 35.5. The molecule has 4 nitrogen and oxygen atoms in total. The molecule has 0 radical (unpaired) electrons. The Balaban J connectivity index is 0.00000261. The third-order valence-corrected chi connectivity index (χ3v) is 5.43. The van der Waals surface area contributed by atoms with E-state index in [1.165, 1.54) is 0 Å². The smallest absolute Gasteiger partial charge is 0.268 e. The topological polar surface area (TPSA) is 41.6 Å². The number of rotatable bonds is 5. The van der Waals surface area contributed by atoms with Gasteiger partial charge in [-0.05, 0) is 32.0 Å². The van der Waals surface area contributed by atoms with E-state index in [-0.39, 0.29) is 18.3 Å². The van der Waals surface area contributed by atoms with Crippen molar-refractivity contribution in [1.82, 2.24) is 10.2 Å². The maximum absolute atomic E-state index is 13.2. The SMILES string of the molecule is CNC1CCN(C(=O)C(Oc2ccc(Cl)c(Cl)c2)c2ccccc2)CC1.Cl. The Bertz CT molecular complexity index is 750. The van der Waals surface area contributed by atoms with Gasteiger partial charge in [-0.1, -0.05) is 53.5 Å². The van der Waals surface area contributed by atoms with Crippen LogP contribution in [0.15, 0.2) is 48.5 Å². The lowest BCUT2D eigenvalue weighted by atomic mass is 10.0. The van der Waals surface area contributed by atoms with Crippen LogP contribution in [-0.4, -0.2) is 37.0 Å². The molecule has 1 N–H and O–H groups in total. The Morgan fingerprint density at radius 3 is 2.37 bits per heavy atom. The summed E-state index contributed by atoms with van der Waals surface area (Å²) >= 11 is 12.1. The van der Waals surface area contributed by atoms with E-state index in [4.69, 9.17) is 27.9 Å². The monoisotopic (exact) mass is 428 g/mol. The standard InChI is InChI=1S/C20H22Cl2N2O2.ClH/c1-23-15-9-11-24(12-10-15)20(25)19(14-5-3-2-4-6-14)26-16-7-8-17(21)18(22)13-16;/h2-8,13,15,19,23H,9-12H2,1H3;1H. The number of ether oxygens (including phenoxy) is 1. The molecule has 1 aliphatic rings. The molecule has 7 heteroatoms. The summed E-state index contributed by atoms with van der Waals surface area (Å²) in [6.07, 6.45) is 1.17. The molecule has 1 saturated heterocycles. The van der Waals surface area contributed by atoms with E-state index >= 15 is 0 Å². The van der Waals surface area contributed by atoms with Crippen LogP contribution in [0.5, 0.6) is 5.75 Å². The quantitative estimate of drug-likeness (QED) is 0.746. The fourth-order valence-corrected chi connectivity index (χ4v) is 3.42. The fraction of sp³-hybridized carbons (Fsp3) is 0.350. The third kappa shape index (κ3) is 5.52. The van der Waals surface area contributed by atoms with Gasteiger partial charge in [-0.25, -0.2) is 0 Å². The highest BCUT2D eigenvalue weighted by Crippen LogP contribution is 2.30. The maximum Gasteiger partial charge on any atom is 0.268 e. The zero-order valence-electron chi connectivity index (χ0n) is 15.0.